The number of ether oxygens (including phenoxy) is 5. The molecule has 38 heavy (non-hydrogen) atoms. The number of benzene rings is 2. The van der Waals surface area contributed by atoms with Gasteiger partial charge < -0.3 is 23.7 Å². The van der Waals surface area contributed by atoms with Crippen molar-refractivity contribution >= 4 is 45.2 Å². The average molecular weight is 753 g/mol. The van der Waals surface area contributed by atoms with Crippen molar-refractivity contribution < 1.29 is 23.7 Å². The molecule has 0 atom stereocenters. The molecule has 0 spiro atoms. The summed E-state index contributed by atoms with van der Waals surface area (Å²) in [5.74, 6) is 4.36. The Kier molecular flexibility index (Phi) is 17.3. The van der Waals surface area contributed by atoms with Crippen LogP contribution in [0.2, 0.25) is 0 Å². The summed E-state index contributed by atoms with van der Waals surface area (Å²) in [5.41, 5.74) is 0. The Morgan fingerprint density at radius 3 is 1.45 bits per heavy atom. The molecule has 0 fully saturated rings. The van der Waals surface area contributed by atoms with Gasteiger partial charge in [-0.25, -0.2) is 0 Å². The monoisotopic (exact) mass is 752 g/mol. The van der Waals surface area contributed by atoms with Gasteiger partial charge >= 0.3 is 0 Å². The minimum atomic E-state index is 0.642. The van der Waals surface area contributed by atoms with Crippen LogP contribution in [0.5, 0.6) is 34.5 Å². The van der Waals surface area contributed by atoms with E-state index in [1.54, 1.807) is 7.11 Å². The first-order chi connectivity index (χ1) is 18.5. The zero-order valence-corrected chi connectivity index (χ0v) is 28.0. The molecule has 0 saturated carbocycles. The highest BCUT2D eigenvalue weighted by Gasteiger charge is 2.18. The minimum Gasteiger partial charge on any atom is -0.496 e. The molecule has 5 nitrogen and oxygen atoms in total. The van der Waals surface area contributed by atoms with E-state index in [0.717, 1.165) is 57.2 Å². The van der Waals surface area contributed by atoms with Gasteiger partial charge in [-0.15, -0.1) is 0 Å². The second-order valence-electron chi connectivity index (χ2n) is 9.50. The predicted molar refractivity (Wildman–Crippen MR) is 174 cm³/mol. The molecule has 0 unspecified atom stereocenters. The molecule has 214 valence electrons. The second kappa shape index (κ2) is 19.9. The highest BCUT2D eigenvalue weighted by Crippen LogP contribution is 2.44. The third-order valence-electron chi connectivity index (χ3n) is 6.18. The Morgan fingerprint density at radius 2 is 0.974 bits per heavy atom. The number of hydrogen-bond donors (Lipinski definition) is 0. The van der Waals surface area contributed by atoms with Gasteiger partial charge in [0.2, 0.25) is 5.75 Å². The van der Waals surface area contributed by atoms with Gasteiger partial charge in [0.15, 0.2) is 11.5 Å². The van der Waals surface area contributed by atoms with E-state index in [0.29, 0.717) is 42.8 Å². The maximum Gasteiger partial charge on any atom is 0.203 e. The molecule has 0 saturated heterocycles. The molecule has 2 aromatic rings. The predicted octanol–water partition coefficient (Wildman–Crippen LogP) is 10.6. The number of halogens is 2. The van der Waals surface area contributed by atoms with Crippen LogP contribution in [0, 0.1) is 7.14 Å². The maximum absolute atomic E-state index is 6.39. The van der Waals surface area contributed by atoms with Crippen molar-refractivity contribution in [3.8, 4) is 34.5 Å². The third-order valence-corrected chi connectivity index (χ3v) is 7.87. The second-order valence-corrected chi connectivity index (χ2v) is 11.8. The first-order valence-corrected chi connectivity index (χ1v) is 16.5. The van der Waals surface area contributed by atoms with Crippen molar-refractivity contribution in [2.24, 2.45) is 0 Å². The molecule has 2 rings (SSSR count). The van der Waals surface area contributed by atoms with Crippen LogP contribution in [0.1, 0.15) is 97.8 Å². The van der Waals surface area contributed by atoms with Crippen LogP contribution in [0.15, 0.2) is 24.3 Å². The summed E-state index contributed by atoms with van der Waals surface area (Å²) >= 11 is 4.55. The minimum absolute atomic E-state index is 0.642. The summed E-state index contributed by atoms with van der Waals surface area (Å²) in [6, 6.07) is 7.87. The smallest absolute Gasteiger partial charge is 0.203 e. The highest BCUT2D eigenvalue weighted by atomic mass is 127. The fourth-order valence-electron chi connectivity index (χ4n) is 3.97. The zero-order chi connectivity index (χ0) is 27.6. The van der Waals surface area contributed by atoms with Gasteiger partial charge in [0, 0.05) is 12.1 Å². The molecule has 0 bridgehead atoms. The van der Waals surface area contributed by atoms with Crippen molar-refractivity contribution in [1.82, 2.24) is 0 Å². The fourth-order valence-corrected chi connectivity index (χ4v) is 5.17. The number of methoxy groups -OCH3 is 1. The van der Waals surface area contributed by atoms with E-state index in [2.05, 4.69) is 66.0 Å². The Balaban J connectivity index is 2.33. The number of unbranched alkanes of at least 4 members (excludes halogenated alkanes) is 9. The van der Waals surface area contributed by atoms with Crippen LogP contribution in [-0.4, -0.2) is 26.9 Å². The Morgan fingerprint density at radius 1 is 0.526 bits per heavy atom. The molecule has 7 heteroatoms. The topological polar surface area (TPSA) is 46.2 Å². The molecule has 0 aliphatic rings. The van der Waals surface area contributed by atoms with Crippen LogP contribution in [-0.2, 0) is 0 Å². The van der Waals surface area contributed by atoms with Crippen LogP contribution >= 0.6 is 45.2 Å². The lowest BCUT2D eigenvalue weighted by molar-refractivity contribution is 0.233. The molecular weight excluding hydrogens is 706 g/mol. The Labute approximate surface area is 258 Å². The SMILES string of the molecule is CCCCCCOc1cc(Oc2cc(I)c(OC)cc2I)cc(OCCCCCC)c1OCCCCCC. The van der Waals surface area contributed by atoms with E-state index in [1.807, 2.05) is 24.3 Å². The lowest BCUT2D eigenvalue weighted by Crippen LogP contribution is -2.07. The Hall–Kier alpha value is -1.10. The third kappa shape index (κ3) is 12.0. The standard InChI is InChI=1S/C31H46I2O5/c1-5-8-11-14-17-35-29-20-24(38-28-23-25(32)27(34-4)22-26(28)33)21-30(36-18-15-12-9-6-2)31(29)37-19-16-13-10-7-3/h20-23H,5-19H2,1-4H3. The summed E-state index contributed by atoms with van der Waals surface area (Å²) < 4.78 is 32.8. The summed E-state index contributed by atoms with van der Waals surface area (Å²) in [4.78, 5) is 0. The molecule has 0 aromatic heterocycles. The van der Waals surface area contributed by atoms with Gasteiger partial charge in [-0.1, -0.05) is 78.6 Å². The van der Waals surface area contributed by atoms with Crippen LogP contribution < -0.4 is 23.7 Å². The normalized spacial score (nSPS) is 10.9. The van der Waals surface area contributed by atoms with Gasteiger partial charge in [-0.3, -0.25) is 0 Å². The molecule has 0 heterocycles. The molecule has 0 N–H and O–H groups in total. The van der Waals surface area contributed by atoms with E-state index in [-0.39, 0.29) is 0 Å². The quantitative estimate of drug-likeness (QED) is 0.0939. The molecule has 0 aliphatic heterocycles. The van der Waals surface area contributed by atoms with Gasteiger partial charge in [0.25, 0.3) is 0 Å². The summed E-state index contributed by atoms with van der Waals surface area (Å²) in [6.45, 7) is 8.59. The van der Waals surface area contributed by atoms with Gasteiger partial charge in [-0.2, -0.15) is 0 Å². The van der Waals surface area contributed by atoms with E-state index >= 15 is 0 Å². The summed E-state index contributed by atoms with van der Waals surface area (Å²) in [7, 11) is 1.68. The maximum atomic E-state index is 6.39. The lowest BCUT2D eigenvalue weighted by Gasteiger charge is -2.19. The molecule has 0 amide bonds. The van der Waals surface area contributed by atoms with Gasteiger partial charge in [-0.05, 0) is 76.6 Å². The van der Waals surface area contributed by atoms with Crippen molar-refractivity contribution in [1.29, 1.82) is 0 Å². The van der Waals surface area contributed by atoms with E-state index in [9.17, 15) is 0 Å². The summed E-state index contributed by atoms with van der Waals surface area (Å²) in [6.07, 6.45) is 13.8. The number of rotatable bonds is 21. The van der Waals surface area contributed by atoms with Crippen LogP contribution in [0.25, 0.3) is 0 Å². The largest absolute Gasteiger partial charge is 0.496 e. The van der Waals surface area contributed by atoms with Crippen LogP contribution in [0.4, 0.5) is 0 Å². The van der Waals surface area contributed by atoms with Crippen molar-refractivity contribution in [2.75, 3.05) is 26.9 Å². The molecule has 0 radical (unpaired) electrons. The fraction of sp³-hybridized carbons (Fsp3) is 0.613. The lowest BCUT2D eigenvalue weighted by atomic mass is 10.2. The molecule has 2 aromatic carbocycles. The van der Waals surface area contributed by atoms with Gasteiger partial charge in [0.1, 0.15) is 17.2 Å². The van der Waals surface area contributed by atoms with Crippen molar-refractivity contribution in [3.05, 3.63) is 31.4 Å². The molecule has 0 aliphatic carbocycles. The van der Waals surface area contributed by atoms with Crippen molar-refractivity contribution in [2.45, 2.75) is 97.8 Å². The average Bonchev–Trinajstić information content (AvgIpc) is 2.91. The van der Waals surface area contributed by atoms with E-state index < -0.39 is 0 Å². The zero-order valence-electron chi connectivity index (χ0n) is 23.7. The summed E-state index contributed by atoms with van der Waals surface area (Å²) in [5, 5.41) is 0. The van der Waals surface area contributed by atoms with Gasteiger partial charge in [0.05, 0.1) is 34.1 Å². The molecular formula is C31H46I2O5. The van der Waals surface area contributed by atoms with Crippen LogP contribution in [0.3, 0.4) is 0 Å². The first kappa shape index (κ1) is 33.1. The highest BCUT2D eigenvalue weighted by molar-refractivity contribution is 14.1. The number of hydrogen-bond acceptors (Lipinski definition) is 5. The first-order valence-electron chi connectivity index (χ1n) is 14.3. The Bertz CT molecular complexity index is 900. The van der Waals surface area contributed by atoms with E-state index in [1.165, 1.54) is 38.5 Å². The van der Waals surface area contributed by atoms with Crippen molar-refractivity contribution in [3.63, 3.8) is 0 Å². The van der Waals surface area contributed by atoms with E-state index in [4.69, 9.17) is 23.7 Å².